The van der Waals surface area contributed by atoms with Crippen LogP contribution in [-0.2, 0) is 14.2 Å². The monoisotopic (exact) mass is 469 g/mol. The Bertz CT molecular complexity index is 614. The van der Waals surface area contributed by atoms with E-state index in [0.29, 0.717) is 0 Å². The highest BCUT2D eigenvalue weighted by Crippen LogP contribution is 2.71. The van der Waals surface area contributed by atoms with Gasteiger partial charge >= 0.3 is 21.2 Å². The predicted molar refractivity (Wildman–Crippen MR) is 110 cm³/mol. The molecule has 0 atom stereocenters. The smallest absolute Gasteiger partial charge is 0.461 e. The molecule has 0 unspecified atom stereocenters. The molecule has 0 aromatic rings. The third-order valence-corrected chi connectivity index (χ3v) is 8.88. The number of esters is 1. The first-order chi connectivity index (χ1) is 14.7. The van der Waals surface area contributed by atoms with E-state index in [4.69, 9.17) is 9.36 Å². The molecule has 0 aromatic carbocycles. The molecule has 0 bridgehead atoms. The fourth-order valence-electron chi connectivity index (χ4n) is 3.97. The molecule has 0 N–H and O–H groups in total. The van der Waals surface area contributed by atoms with Gasteiger partial charge in [-0.05, 0) is 50.6 Å². The number of nitrogens with zero attached hydrogens (tertiary/aromatic N) is 5. The molecule has 8 nitrogen and oxygen atoms in total. The van der Waals surface area contributed by atoms with Crippen molar-refractivity contribution in [3.8, 4) is 6.07 Å². The number of nitriles is 1. The first kappa shape index (κ1) is 25.8. The number of halogens is 4. The van der Waals surface area contributed by atoms with Gasteiger partial charge in [0.1, 0.15) is 6.07 Å². The van der Waals surface area contributed by atoms with Gasteiger partial charge in [-0.3, -0.25) is 0 Å². The van der Waals surface area contributed by atoms with Crippen LogP contribution >= 0.6 is 7.94 Å². The van der Waals surface area contributed by atoms with Crippen molar-refractivity contribution in [3.63, 3.8) is 0 Å². The number of hydrogen-bond donors (Lipinski definition) is 0. The fourth-order valence-corrected chi connectivity index (χ4v) is 7.96. The minimum Gasteiger partial charge on any atom is -0.461 e. The molecule has 176 valence electrons. The molecule has 31 heavy (non-hydrogen) atoms. The Kier molecular flexibility index (Phi) is 9.94. The number of rotatable bonds is 7. The van der Waals surface area contributed by atoms with E-state index in [1.165, 1.54) is 0 Å². The van der Waals surface area contributed by atoms with E-state index in [1.807, 2.05) is 6.07 Å². The third kappa shape index (κ3) is 7.27. The minimum atomic E-state index is -6.00. The summed E-state index contributed by atoms with van der Waals surface area (Å²) in [6.45, 7) is 7.83. The van der Waals surface area contributed by atoms with Crippen molar-refractivity contribution in [1.82, 2.24) is 14.0 Å². The average Bonchev–Trinajstić information content (AvgIpc) is 3.48. The van der Waals surface area contributed by atoms with Gasteiger partial charge in [-0.2, -0.15) is 9.89 Å². The van der Waals surface area contributed by atoms with Crippen molar-refractivity contribution in [1.29, 1.82) is 5.26 Å². The maximum Gasteiger partial charge on any atom is 0.673 e. The highest BCUT2D eigenvalue weighted by atomic mass is 31.2. The fraction of sp³-hybridized carbons (Fsp3) is 0.824. The van der Waals surface area contributed by atoms with Crippen molar-refractivity contribution >= 4 is 26.9 Å². The number of ether oxygens (including phenoxy) is 1. The molecule has 3 heterocycles. The van der Waals surface area contributed by atoms with Gasteiger partial charge in [0.2, 0.25) is 0 Å². The summed E-state index contributed by atoms with van der Waals surface area (Å²) < 4.78 is 57.5. The molecule has 0 radical (unpaired) electrons. The lowest BCUT2D eigenvalue weighted by atomic mass is 10.3. The van der Waals surface area contributed by atoms with Crippen molar-refractivity contribution < 1.29 is 31.4 Å². The molecule has 0 saturated carbocycles. The average molecular weight is 469 g/mol. The summed E-state index contributed by atoms with van der Waals surface area (Å²) in [6, 6.07) is 1.84. The van der Waals surface area contributed by atoms with E-state index in [2.05, 4.69) is 19.2 Å². The Morgan fingerprint density at radius 1 is 0.935 bits per heavy atom. The quantitative estimate of drug-likeness (QED) is 0.140. The van der Waals surface area contributed by atoms with E-state index in [-0.39, 0.29) is 12.3 Å². The maximum atomic E-state index is 12.0. The van der Waals surface area contributed by atoms with Crippen LogP contribution in [0.1, 0.15) is 45.4 Å². The molecule has 0 aromatic heterocycles. The number of hydrogen-bond acceptors (Lipinski definition) is 8. The van der Waals surface area contributed by atoms with Gasteiger partial charge < -0.3 is 22.0 Å². The van der Waals surface area contributed by atoms with E-state index in [9.17, 15) is 27.3 Å². The van der Waals surface area contributed by atoms with Crippen LogP contribution in [0.15, 0.2) is 5.16 Å². The topological polar surface area (TPSA) is 81.4 Å². The molecule has 14 heteroatoms. The Labute approximate surface area is 180 Å². The zero-order valence-corrected chi connectivity index (χ0v) is 18.6. The van der Waals surface area contributed by atoms with Crippen molar-refractivity contribution in [2.75, 3.05) is 45.9 Å². The Hall–Kier alpha value is -1.48. The molecule has 3 aliphatic rings. The summed E-state index contributed by atoms with van der Waals surface area (Å²) >= 11 is 0. The van der Waals surface area contributed by atoms with E-state index in [1.54, 1.807) is 6.92 Å². The first-order valence-electron chi connectivity index (χ1n) is 10.6. The zero-order valence-electron chi connectivity index (χ0n) is 17.7. The second-order valence-corrected chi connectivity index (χ2v) is 10.2. The van der Waals surface area contributed by atoms with Gasteiger partial charge in [0.05, 0.1) is 6.61 Å². The van der Waals surface area contributed by atoms with Crippen LogP contribution in [-0.4, -0.2) is 78.8 Å². The summed E-state index contributed by atoms with van der Waals surface area (Å²) in [5.41, 5.74) is -0.297. The van der Waals surface area contributed by atoms with Gasteiger partial charge in [0, 0.05) is 39.3 Å². The first-order valence-corrected chi connectivity index (χ1v) is 12.2. The van der Waals surface area contributed by atoms with E-state index < -0.39 is 21.2 Å². The van der Waals surface area contributed by atoms with Crippen LogP contribution in [0.4, 0.5) is 17.3 Å². The summed E-state index contributed by atoms with van der Waals surface area (Å²) in [4.78, 5) is 12.0. The number of carbonyl (C=O) groups excluding carboxylic acids is 1. The second kappa shape index (κ2) is 12.0. The van der Waals surface area contributed by atoms with E-state index in [0.717, 1.165) is 77.8 Å². The summed E-state index contributed by atoms with van der Waals surface area (Å²) in [7, 11) is -8.31. The largest absolute Gasteiger partial charge is 0.673 e. The number of oxime groups is 1. The molecule has 3 saturated heterocycles. The Morgan fingerprint density at radius 2 is 1.29 bits per heavy atom. The number of carbonyl (C=O) groups is 1. The standard InChI is InChI=1S/C17H29N5O3P.BF4/c1-2-24-17(23)16(15-18)19-25-26(20-9-3-4-10-20,21-11-5-6-12-21)22-13-7-8-14-22;2-1(3,4)5/h2-14H2,1H3;/q+1;-1. The lowest BCUT2D eigenvalue weighted by molar-refractivity contribution is -0.135. The molecular weight excluding hydrogens is 440 g/mol. The summed E-state index contributed by atoms with van der Waals surface area (Å²) in [5.74, 6) is -0.711. The molecule has 0 amide bonds. The van der Waals surface area contributed by atoms with Crippen LogP contribution in [0.2, 0.25) is 0 Å². The summed E-state index contributed by atoms with van der Waals surface area (Å²) in [6.07, 6.45) is 6.91. The molecule has 0 spiro atoms. The highest BCUT2D eigenvalue weighted by Gasteiger charge is 2.63. The molecule has 3 aliphatic heterocycles. The van der Waals surface area contributed by atoms with Crippen LogP contribution < -0.4 is 0 Å². The third-order valence-electron chi connectivity index (χ3n) is 5.17. The highest BCUT2D eigenvalue weighted by molar-refractivity contribution is 7.64. The van der Waals surface area contributed by atoms with Gasteiger partial charge in [0.25, 0.3) is 5.71 Å². The predicted octanol–water partition coefficient (Wildman–Crippen LogP) is 3.71. The van der Waals surface area contributed by atoms with Crippen molar-refractivity contribution in [2.45, 2.75) is 45.4 Å². The lowest BCUT2D eigenvalue weighted by Gasteiger charge is -2.38. The van der Waals surface area contributed by atoms with Gasteiger partial charge in [-0.15, -0.1) is 14.0 Å². The maximum absolute atomic E-state index is 12.0. The molecular formula is C17H29BF4N5O3P. The minimum absolute atomic E-state index is 0.212. The zero-order chi connectivity index (χ0) is 22.9. The van der Waals surface area contributed by atoms with E-state index >= 15 is 0 Å². The van der Waals surface area contributed by atoms with Gasteiger partial charge in [0.15, 0.2) is 0 Å². The SMILES string of the molecule is CCOC(=O)C(C#N)=NO[P+](N1CCCC1)(N1CCCC1)N1CCCC1.F[B-](F)(F)F. The molecule has 3 rings (SSSR count). The van der Waals surface area contributed by atoms with Crippen LogP contribution in [0.5, 0.6) is 0 Å². The van der Waals surface area contributed by atoms with Crippen LogP contribution in [0.3, 0.4) is 0 Å². The summed E-state index contributed by atoms with van der Waals surface area (Å²) in [5, 5.41) is 13.4. The van der Waals surface area contributed by atoms with Gasteiger partial charge in [-0.1, -0.05) is 0 Å². The van der Waals surface area contributed by atoms with Crippen LogP contribution in [0, 0.1) is 11.3 Å². The molecule has 0 aliphatic carbocycles. The van der Waals surface area contributed by atoms with Gasteiger partial charge in [-0.25, -0.2) is 4.79 Å². The second-order valence-electron chi connectivity index (χ2n) is 7.34. The van der Waals surface area contributed by atoms with Crippen molar-refractivity contribution in [2.24, 2.45) is 5.16 Å². The molecule has 3 fully saturated rings. The Balaban J connectivity index is 0.000000614. The lowest BCUT2D eigenvalue weighted by Crippen LogP contribution is -2.43. The Morgan fingerprint density at radius 3 is 1.58 bits per heavy atom. The van der Waals surface area contributed by atoms with Crippen LogP contribution in [0.25, 0.3) is 0 Å². The van der Waals surface area contributed by atoms with Crippen molar-refractivity contribution in [3.05, 3.63) is 0 Å². The normalized spacial score (nSPS) is 21.5.